The topological polar surface area (TPSA) is 212 Å². The van der Waals surface area contributed by atoms with Crippen molar-refractivity contribution >= 4 is 29.8 Å². The molecule has 13 heteroatoms. The molecule has 0 radical (unpaired) electrons. The summed E-state index contributed by atoms with van der Waals surface area (Å²) < 4.78 is 0. The van der Waals surface area contributed by atoms with Gasteiger partial charge in [0.15, 0.2) is 5.60 Å². The Morgan fingerprint density at radius 1 is 0.783 bits per heavy atom. The third kappa shape index (κ3) is 33.9. The SMILES string of the molecule is CC(=O)[O-].CC(=O)[O-].O=C(O)CC(O)(CC(=O)O)C(=O)O.[Na+].[Na+]. The summed E-state index contributed by atoms with van der Waals surface area (Å²) in [6.07, 6.45) is -2.29. The second-order valence-corrected chi connectivity index (χ2v) is 3.46. The van der Waals surface area contributed by atoms with Crippen molar-refractivity contribution in [3.8, 4) is 0 Å². The number of hydrogen-bond donors (Lipinski definition) is 4. The zero-order valence-corrected chi connectivity index (χ0v) is 17.1. The predicted molar refractivity (Wildman–Crippen MR) is 58.5 cm³/mol. The molecule has 0 amide bonds. The predicted octanol–water partition coefficient (Wildman–Crippen LogP) is -9.73. The number of carbonyl (C=O) groups is 5. The van der Waals surface area contributed by atoms with Crippen LogP contribution in [0.2, 0.25) is 0 Å². The number of carboxylic acids is 5. The van der Waals surface area contributed by atoms with E-state index < -0.39 is 48.3 Å². The molecule has 0 bridgehead atoms. The molecule has 4 N–H and O–H groups in total. The third-order valence-corrected chi connectivity index (χ3v) is 1.29. The van der Waals surface area contributed by atoms with Crippen molar-refractivity contribution < 1.29 is 114 Å². The van der Waals surface area contributed by atoms with Gasteiger partial charge in [-0.2, -0.15) is 0 Å². The van der Waals surface area contributed by atoms with Gasteiger partial charge in [-0.25, -0.2) is 4.79 Å². The largest absolute Gasteiger partial charge is 1.00 e. The Morgan fingerprint density at radius 2 is 0.957 bits per heavy atom. The Hall–Kier alpha value is -0.690. The molecule has 0 unspecified atom stereocenters. The smallest absolute Gasteiger partial charge is 0.550 e. The van der Waals surface area contributed by atoms with E-state index in [-0.39, 0.29) is 59.1 Å². The van der Waals surface area contributed by atoms with E-state index in [4.69, 9.17) is 40.2 Å². The molecule has 0 spiro atoms. The summed E-state index contributed by atoms with van der Waals surface area (Å²) in [6.45, 7) is 1.94. The molecular formula is C10H14Na2O11. The van der Waals surface area contributed by atoms with E-state index >= 15 is 0 Å². The number of carbonyl (C=O) groups excluding carboxylic acids is 2. The van der Waals surface area contributed by atoms with Crippen LogP contribution in [0.5, 0.6) is 0 Å². The van der Waals surface area contributed by atoms with Gasteiger partial charge >= 0.3 is 77.0 Å². The molecule has 0 aromatic rings. The third-order valence-electron chi connectivity index (χ3n) is 1.29. The normalized spacial score (nSPS) is 8.30. The first-order valence-corrected chi connectivity index (χ1v) is 4.99. The maximum absolute atomic E-state index is 10.3. The van der Waals surface area contributed by atoms with Crippen molar-refractivity contribution in [3.63, 3.8) is 0 Å². The average molecular weight is 356 g/mol. The van der Waals surface area contributed by atoms with Crippen LogP contribution in [-0.2, 0) is 24.0 Å². The molecule has 0 aliphatic carbocycles. The Kier molecular flexibility index (Phi) is 26.0. The molecular weight excluding hydrogens is 342 g/mol. The maximum atomic E-state index is 10.3. The molecule has 11 nitrogen and oxygen atoms in total. The second kappa shape index (κ2) is 17.7. The van der Waals surface area contributed by atoms with Crippen molar-refractivity contribution in [2.45, 2.75) is 32.3 Å². The Labute approximate surface area is 174 Å². The zero-order chi connectivity index (χ0) is 17.8. The van der Waals surface area contributed by atoms with Crippen LogP contribution in [0.3, 0.4) is 0 Å². The quantitative estimate of drug-likeness (QED) is 0.339. The molecule has 122 valence electrons. The Bertz CT molecular complexity index is 372. The number of aliphatic carboxylic acids is 5. The van der Waals surface area contributed by atoms with Gasteiger partial charge in [-0.1, -0.05) is 0 Å². The van der Waals surface area contributed by atoms with Gasteiger partial charge in [0.25, 0.3) is 0 Å². The van der Waals surface area contributed by atoms with Crippen LogP contribution in [0.15, 0.2) is 0 Å². The molecule has 0 saturated carbocycles. The van der Waals surface area contributed by atoms with Gasteiger partial charge in [-0.15, -0.1) is 0 Å². The van der Waals surface area contributed by atoms with Crippen molar-refractivity contribution in [2.75, 3.05) is 0 Å². The molecule has 0 fully saturated rings. The van der Waals surface area contributed by atoms with E-state index in [0.717, 1.165) is 13.8 Å². The van der Waals surface area contributed by atoms with E-state index in [1.807, 2.05) is 0 Å². The standard InChI is InChI=1S/C6H8O7.2C2H4O2.2Na/c7-3(8)1-6(13,5(11)12)2-4(9)10;2*1-2(3)4;;/h13H,1-2H2,(H,7,8)(H,9,10)(H,11,12);2*1H3,(H,3,4);;/q;;;2*+1/p-2. The first-order chi connectivity index (χ1) is 9.24. The van der Waals surface area contributed by atoms with Crippen LogP contribution in [0.25, 0.3) is 0 Å². The Balaban J connectivity index is -0.0000000909. The molecule has 0 saturated heterocycles. The number of carboxylic acid groups (broad SMARTS) is 5. The van der Waals surface area contributed by atoms with Gasteiger partial charge in [0.2, 0.25) is 0 Å². The van der Waals surface area contributed by atoms with E-state index in [2.05, 4.69) is 0 Å². The van der Waals surface area contributed by atoms with Crippen LogP contribution in [-0.4, -0.2) is 55.9 Å². The molecule has 0 aliphatic heterocycles. The molecule has 0 rings (SSSR count). The summed E-state index contributed by atoms with van der Waals surface area (Å²) in [4.78, 5) is 48.3. The minimum Gasteiger partial charge on any atom is -0.550 e. The van der Waals surface area contributed by atoms with Crippen molar-refractivity contribution in [3.05, 3.63) is 0 Å². The van der Waals surface area contributed by atoms with Gasteiger partial charge < -0.3 is 40.2 Å². The van der Waals surface area contributed by atoms with Gasteiger partial charge in [0, 0.05) is 11.9 Å². The minimum absolute atomic E-state index is 0. The first kappa shape index (κ1) is 33.8. The summed E-state index contributed by atoms with van der Waals surface area (Å²) in [5.41, 5.74) is -2.74. The van der Waals surface area contributed by atoms with Crippen LogP contribution in [0.1, 0.15) is 26.7 Å². The summed E-state index contributed by atoms with van der Waals surface area (Å²) >= 11 is 0. The van der Waals surface area contributed by atoms with E-state index in [0.29, 0.717) is 0 Å². The number of rotatable bonds is 5. The minimum atomic E-state index is -2.74. The fourth-order valence-electron chi connectivity index (χ4n) is 0.714. The Morgan fingerprint density at radius 3 is 1.04 bits per heavy atom. The van der Waals surface area contributed by atoms with E-state index in [9.17, 15) is 14.4 Å². The van der Waals surface area contributed by atoms with Crippen LogP contribution < -0.4 is 69.3 Å². The molecule has 0 heterocycles. The molecule has 0 aliphatic rings. The van der Waals surface area contributed by atoms with E-state index in [1.165, 1.54) is 0 Å². The van der Waals surface area contributed by atoms with Gasteiger partial charge in [-0.3, -0.25) is 9.59 Å². The van der Waals surface area contributed by atoms with Gasteiger partial charge in [-0.05, 0) is 13.8 Å². The fourth-order valence-corrected chi connectivity index (χ4v) is 0.714. The van der Waals surface area contributed by atoms with Crippen molar-refractivity contribution in [1.29, 1.82) is 0 Å². The summed E-state index contributed by atoms with van der Waals surface area (Å²) in [5, 5.41) is 51.6. The van der Waals surface area contributed by atoms with Crippen molar-refractivity contribution in [1.82, 2.24) is 0 Å². The fraction of sp³-hybridized carbons (Fsp3) is 0.500. The van der Waals surface area contributed by atoms with E-state index in [1.54, 1.807) is 0 Å². The second-order valence-electron chi connectivity index (χ2n) is 3.46. The van der Waals surface area contributed by atoms with Gasteiger partial charge in [0.1, 0.15) is 0 Å². The van der Waals surface area contributed by atoms with Crippen molar-refractivity contribution in [2.24, 2.45) is 0 Å². The summed E-state index contributed by atoms with van der Waals surface area (Å²) in [7, 11) is 0. The van der Waals surface area contributed by atoms with Crippen LogP contribution in [0, 0.1) is 0 Å². The molecule has 0 aromatic carbocycles. The molecule has 0 atom stereocenters. The van der Waals surface area contributed by atoms with Crippen LogP contribution in [0.4, 0.5) is 0 Å². The number of hydrogen-bond acceptors (Lipinski definition) is 8. The average Bonchev–Trinajstić information content (AvgIpc) is 2.11. The summed E-state index contributed by atoms with van der Waals surface area (Å²) in [5.74, 6) is -7.19. The first-order valence-electron chi connectivity index (χ1n) is 4.99. The monoisotopic (exact) mass is 356 g/mol. The molecule has 0 aromatic heterocycles. The van der Waals surface area contributed by atoms with Crippen LogP contribution >= 0.6 is 0 Å². The zero-order valence-electron chi connectivity index (χ0n) is 13.1. The summed E-state index contributed by atoms with van der Waals surface area (Å²) in [6, 6.07) is 0. The van der Waals surface area contributed by atoms with Gasteiger partial charge in [0.05, 0.1) is 12.8 Å². The molecule has 23 heavy (non-hydrogen) atoms. The number of aliphatic hydroxyl groups is 1. The maximum Gasteiger partial charge on any atom is 1.00 e.